The normalized spacial score (nSPS) is 13.5. The molecule has 3 aromatic rings. The minimum absolute atomic E-state index is 0.282. The van der Waals surface area contributed by atoms with Gasteiger partial charge in [0.15, 0.2) is 0 Å². The van der Waals surface area contributed by atoms with Gasteiger partial charge in [-0.1, -0.05) is 96.7 Å². The van der Waals surface area contributed by atoms with E-state index in [1.54, 1.807) is 6.92 Å². The summed E-state index contributed by atoms with van der Waals surface area (Å²) in [5.74, 6) is 0. The second-order valence-electron chi connectivity index (χ2n) is 6.65. The summed E-state index contributed by atoms with van der Waals surface area (Å²) in [7, 11) is -2.92. The van der Waals surface area contributed by atoms with Crippen LogP contribution in [0.1, 0.15) is 18.6 Å². The standard InChI is InChI=1S/C23H23NO3Si/c1-3-28(21-15-9-5-10-16-21,22-17-11-6-12-18-22)27-23(19(2)24(25)26)20-13-7-4-8-14-20/h3-19,23H,1H2,2H3. The van der Waals surface area contributed by atoms with Gasteiger partial charge in [0.1, 0.15) is 6.10 Å². The molecule has 0 bridgehead atoms. The molecule has 0 aliphatic heterocycles. The van der Waals surface area contributed by atoms with Crippen LogP contribution in [0.5, 0.6) is 0 Å². The summed E-state index contributed by atoms with van der Waals surface area (Å²) in [5.41, 5.74) is 2.65. The summed E-state index contributed by atoms with van der Waals surface area (Å²) in [4.78, 5) is 11.4. The van der Waals surface area contributed by atoms with Gasteiger partial charge in [0.05, 0.1) is 0 Å². The monoisotopic (exact) mass is 389 g/mol. The summed E-state index contributed by atoms with van der Waals surface area (Å²) < 4.78 is 6.75. The van der Waals surface area contributed by atoms with Crippen LogP contribution in [-0.4, -0.2) is 19.3 Å². The predicted molar refractivity (Wildman–Crippen MR) is 115 cm³/mol. The fourth-order valence-electron chi connectivity index (χ4n) is 3.36. The van der Waals surface area contributed by atoms with Crippen molar-refractivity contribution in [2.24, 2.45) is 0 Å². The van der Waals surface area contributed by atoms with Gasteiger partial charge in [-0.3, -0.25) is 10.1 Å². The summed E-state index contributed by atoms with van der Waals surface area (Å²) >= 11 is 0. The third kappa shape index (κ3) is 3.95. The van der Waals surface area contributed by atoms with Crippen LogP contribution in [0.3, 0.4) is 0 Å². The summed E-state index contributed by atoms with van der Waals surface area (Å²) in [6, 6.07) is 28.3. The molecular formula is C23H23NO3Si. The molecule has 0 N–H and O–H groups in total. The number of hydrogen-bond donors (Lipinski definition) is 0. The van der Waals surface area contributed by atoms with Gasteiger partial charge in [-0.05, 0) is 15.9 Å². The highest BCUT2D eigenvalue weighted by atomic mass is 28.4. The van der Waals surface area contributed by atoms with Gasteiger partial charge in [-0.2, -0.15) is 0 Å². The van der Waals surface area contributed by atoms with E-state index >= 15 is 0 Å². The Hall–Kier alpha value is -3.02. The molecule has 4 nitrogen and oxygen atoms in total. The minimum atomic E-state index is -2.92. The number of benzene rings is 3. The van der Waals surface area contributed by atoms with E-state index in [1.165, 1.54) is 0 Å². The summed E-state index contributed by atoms with van der Waals surface area (Å²) in [5, 5.41) is 13.7. The third-order valence-electron chi connectivity index (χ3n) is 4.90. The van der Waals surface area contributed by atoms with Crippen molar-refractivity contribution in [2.75, 3.05) is 0 Å². The molecule has 0 radical (unpaired) electrons. The average molecular weight is 390 g/mol. The SMILES string of the molecule is C=C[Si](OC(c1ccccc1)C(C)[N+](=O)[O-])(c1ccccc1)c1ccccc1. The highest BCUT2D eigenvalue weighted by molar-refractivity contribution is 7.01. The van der Waals surface area contributed by atoms with Crippen molar-refractivity contribution in [3.05, 3.63) is 119 Å². The van der Waals surface area contributed by atoms with Crippen molar-refractivity contribution < 1.29 is 9.35 Å². The van der Waals surface area contributed by atoms with Gasteiger partial charge < -0.3 is 4.43 Å². The Morgan fingerprint density at radius 2 is 1.32 bits per heavy atom. The third-order valence-corrected chi connectivity index (χ3v) is 8.49. The average Bonchev–Trinajstić information content (AvgIpc) is 2.76. The molecule has 0 fully saturated rings. The van der Waals surface area contributed by atoms with E-state index in [0.29, 0.717) is 0 Å². The Kier molecular flexibility index (Phi) is 6.18. The molecule has 0 aliphatic carbocycles. The Labute approximate surface area is 166 Å². The molecule has 2 unspecified atom stereocenters. The number of nitro groups is 1. The van der Waals surface area contributed by atoms with E-state index < -0.39 is 20.5 Å². The molecule has 2 atom stereocenters. The van der Waals surface area contributed by atoms with E-state index in [-0.39, 0.29) is 4.92 Å². The first-order valence-corrected chi connectivity index (χ1v) is 11.2. The molecule has 0 saturated heterocycles. The molecule has 0 heterocycles. The van der Waals surface area contributed by atoms with Crippen LogP contribution < -0.4 is 10.4 Å². The first-order chi connectivity index (χ1) is 13.6. The van der Waals surface area contributed by atoms with Crippen molar-refractivity contribution in [2.45, 2.75) is 19.1 Å². The predicted octanol–water partition coefficient (Wildman–Crippen LogP) is 3.89. The smallest absolute Gasteiger partial charge is 0.281 e. The fourth-order valence-corrected chi connectivity index (χ4v) is 6.64. The van der Waals surface area contributed by atoms with Crippen molar-refractivity contribution >= 4 is 18.7 Å². The lowest BCUT2D eigenvalue weighted by atomic mass is 10.0. The van der Waals surface area contributed by atoms with Gasteiger partial charge >= 0.3 is 0 Å². The summed E-state index contributed by atoms with van der Waals surface area (Å²) in [6.45, 7) is 5.70. The molecular weight excluding hydrogens is 366 g/mol. The first-order valence-electron chi connectivity index (χ1n) is 9.19. The van der Waals surface area contributed by atoms with Crippen molar-refractivity contribution in [1.82, 2.24) is 0 Å². The highest BCUT2D eigenvalue weighted by Crippen LogP contribution is 2.27. The zero-order valence-electron chi connectivity index (χ0n) is 15.8. The minimum Gasteiger partial charge on any atom is -0.391 e. The zero-order valence-corrected chi connectivity index (χ0v) is 16.8. The van der Waals surface area contributed by atoms with Gasteiger partial charge in [-0.15, -0.1) is 6.58 Å². The quantitative estimate of drug-likeness (QED) is 0.334. The van der Waals surface area contributed by atoms with Crippen LogP contribution in [0.25, 0.3) is 0 Å². The van der Waals surface area contributed by atoms with Gasteiger partial charge in [0.25, 0.3) is 8.32 Å². The van der Waals surface area contributed by atoms with Crippen LogP contribution in [-0.2, 0) is 4.43 Å². The molecule has 0 aromatic heterocycles. The molecule has 0 spiro atoms. The van der Waals surface area contributed by atoms with Crippen LogP contribution in [0.4, 0.5) is 0 Å². The lowest BCUT2D eigenvalue weighted by Gasteiger charge is -2.34. The van der Waals surface area contributed by atoms with E-state index in [4.69, 9.17) is 4.43 Å². The molecule has 0 saturated carbocycles. The largest absolute Gasteiger partial charge is 0.391 e. The van der Waals surface area contributed by atoms with Gasteiger partial charge in [-0.25, -0.2) is 0 Å². The lowest BCUT2D eigenvalue weighted by Crippen LogP contribution is -2.60. The number of nitrogens with zero attached hydrogens (tertiary/aromatic N) is 1. The molecule has 0 amide bonds. The molecule has 28 heavy (non-hydrogen) atoms. The van der Waals surface area contributed by atoms with E-state index in [9.17, 15) is 10.1 Å². The van der Waals surface area contributed by atoms with Crippen molar-refractivity contribution in [1.29, 1.82) is 0 Å². The summed E-state index contributed by atoms with van der Waals surface area (Å²) in [6.07, 6.45) is -0.693. The number of hydrogen-bond acceptors (Lipinski definition) is 3. The van der Waals surface area contributed by atoms with Crippen molar-refractivity contribution in [3.63, 3.8) is 0 Å². The molecule has 3 aromatic carbocycles. The Morgan fingerprint density at radius 3 is 1.71 bits per heavy atom. The molecule has 142 valence electrons. The van der Waals surface area contributed by atoms with Crippen LogP contribution in [0.15, 0.2) is 103 Å². The molecule has 5 heteroatoms. The van der Waals surface area contributed by atoms with Gasteiger partial charge in [0.2, 0.25) is 6.04 Å². The van der Waals surface area contributed by atoms with E-state index in [1.807, 2.05) is 96.7 Å². The fraction of sp³-hybridized carbons (Fsp3) is 0.130. The van der Waals surface area contributed by atoms with E-state index in [2.05, 4.69) is 6.58 Å². The van der Waals surface area contributed by atoms with Crippen LogP contribution in [0.2, 0.25) is 0 Å². The Bertz CT molecular complexity index is 877. The molecule has 0 aliphatic rings. The maximum atomic E-state index is 11.7. The van der Waals surface area contributed by atoms with Gasteiger partial charge in [0, 0.05) is 11.8 Å². The second kappa shape index (κ2) is 8.78. The lowest BCUT2D eigenvalue weighted by molar-refractivity contribution is -0.530. The van der Waals surface area contributed by atoms with Crippen LogP contribution in [0, 0.1) is 10.1 Å². The van der Waals surface area contributed by atoms with Crippen LogP contribution >= 0.6 is 0 Å². The Morgan fingerprint density at radius 1 is 0.893 bits per heavy atom. The van der Waals surface area contributed by atoms with E-state index in [0.717, 1.165) is 15.9 Å². The molecule has 3 rings (SSSR count). The highest BCUT2D eigenvalue weighted by Gasteiger charge is 2.43. The number of rotatable bonds is 8. The van der Waals surface area contributed by atoms with Crippen molar-refractivity contribution in [3.8, 4) is 0 Å². The maximum Gasteiger partial charge on any atom is 0.281 e. The Balaban J connectivity index is 2.16. The maximum absolute atomic E-state index is 11.7. The zero-order chi connectivity index (χ0) is 20.0. The topological polar surface area (TPSA) is 52.4 Å². The second-order valence-corrected chi connectivity index (χ2v) is 9.92. The first kappa shape index (κ1) is 19.7.